The molecule has 1 unspecified atom stereocenters. The maximum absolute atomic E-state index is 11.9. The van der Waals surface area contributed by atoms with Crippen molar-refractivity contribution in [2.45, 2.75) is 83.0 Å². The molecule has 2 saturated carbocycles. The summed E-state index contributed by atoms with van der Waals surface area (Å²) in [7, 11) is 0. The zero-order valence-electron chi connectivity index (χ0n) is 15.7. The molecule has 0 bridgehead atoms. The third-order valence-electron chi connectivity index (χ3n) is 6.72. The lowest BCUT2D eigenvalue weighted by Gasteiger charge is -2.52. The van der Waals surface area contributed by atoms with Gasteiger partial charge in [0.25, 0.3) is 6.29 Å². The van der Waals surface area contributed by atoms with E-state index in [1.807, 2.05) is 13.0 Å². The van der Waals surface area contributed by atoms with E-state index in [-0.39, 0.29) is 0 Å². The first-order valence-electron chi connectivity index (χ1n) is 10.3. The number of hydrogen-bond acceptors (Lipinski definition) is 3. The van der Waals surface area contributed by atoms with Crippen LogP contribution in [0.2, 0.25) is 0 Å². The van der Waals surface area contributed by atoms with Crippen molar-refractivity contribution in [1.29, 1.82) is 0 Å². The lowest BCUT2D eigenvalue weighted by molar-refractivity contribution is -0.252. The average molecular weight is 358 g/mol. The number of fused-ring (bicyclic) bond motifs is 1. The maximum Gasteiger partial charge on any atom is 0.373 e. The Balaban J connectivity index is 1.85. The summed E-state index contributed by atoms with van der Waals surface area (Å²) in [6, 6.07) is 6.26. The van der Waals surface area contributed by atoms with Gasteiger partial charge in [-0.05, 0) is 56.1 Å². The molecular formula is C22H30O4. The summed E-state index contributed by atoms with van der Waals surface area (Å²) in [5.74, 6) is 0.464. The van der Waals surface area contributed by atoms with E-state index in [1.54, 1.807) is 0 Å². The molecule has 142 valence electrons. The van der Waals surface area contributed by atoms with Gasteiger partial charge in [-0.3, -0.25) is 0 Å². The van der Waals surface area contributed by atoms with Crippen LogP contribution in [0.1, 0.15) is 75.3 Å². The van der Waals surface area contributed by atoms with Crippen molar-refractivity contribution >= 4 is 5.97 Å². The van der Waals surface area contributed by atoms with Crippen LogP contribution in [0.25, 0.3) is 0 Å². The van der Waals surface area contributed by atoms with Gasteiger partial charge in [0.15, 0.2) is 0 Å². The molecule has 0 radical (unpaired) electrons. The Hall–Kier alpha value is -1.55. The molecule has 1 heterocycles. The first-order valence-corrected chi connectivity index (χ1v) is 10.3. The Bertz CT molecular complexity index is 638. The van der Waals surface area contributed by atoms with E-state index in [0.29, 0.717) is 11.8 Å². The first-order chi connectivity index (χ1) is 12.6. The lowest BCUT2D eigenvalue weighted by atomic mass is 9.63. The number of carboxylic acids is 1. The number of hydrogen-bond donors (Lipinski definition) is 1. The minimum absolute atomic E-state index is 0.381. The molecule has 1 atom stereocenters. The van der Waals surface area contributed by atoms with Crippen molar-refractivity contribution in [3.05, 3.63) is 29.3 Å². The fraction of sp³-hybridized carbons (Fsp3) is 0.682. The van der Waals surface area contributed by atoms with Gasteiger partial charge in [-0.2, -0.15) is 0 Å². The average Bonchev–Trinajstić information content (AvgIpc) is 2.68. The van der Waals surface area contributed by atoms with E-state index in [4.69, 9.17) is 9.47 Å². The molecular weight excluding hydrogens is 328 g/mol. The van der Waals surface area contributed by atoms with Crippen LogP contribution in [0.3, 0.4) is 0 Å². The Kier molecular flexibility index (Phi) is 4.96. The molecule has 4 rings (SSSR count). The molecule has 0 spiro atoms. The third-order valence-corrected chi connectivity index (χ3v) is 6.72. The molecule has 1 N–H and O–H groups in total. The number of ether oxygens (including phenoxy) is 2. The molecule has 26 heavy (non-hydrogen) atoms. The molecule has 0 aromatic heterocycles. The summed E-state index contributed by atoms with van der Waals surface area (Å²) in [5, 5.41) is 9.71. The Morgan fingerprint density at radius 1 is 1.00 bits per heavy atom. The second kappa shape index (κ2) is 7.22. The highest BCUT2D eigenvalue weighted by Gasteiger charge is 2.54. The number of aryl methyl sites for hydroxylation is 1. The topological polar surface area (TPSA) is 55.8 Å². The van der Waals surface area contributed by atoms with Crippen LogP contribution in [0.4, 0.5) is 0 Å². The number of aliphatic carboxylic acids is 1. The summed E-state index contributed by atoms with van der Waals surface area (Å²) >= 11 is 0. The lowest BCUT2D eigenvalue weighted by Crippen LogP contribution is -2.54. The quantitative estimate of drug-likeness (QED) is 0.810. The van der Waals surface area contributed by atoms with Crippen LogP contribution in [0.15, 0.2) is 18.2 Å². The number of rotatable bonds is 3. The molecule has 4 nitrogen and oxygen atoms in total. The summed E-state index contributed by atoms with van der Waals surface area (Å²) < 4.78 is 12.2. The summed E-state index contributed by atoms with van der Waals surface area (Å²) in [6.45, 7) is 2.03. The van der Waals surface area contributed by atoms with E-state index in [9.17, 15) is 9.90 Å². The van der Waals surface area contributed by atoms with Gasteiger partial charge in [0.1, 0.15) is 11.4 Å². The van der Waals surface area contributed by atoms with Crippen LogP contribution in [0.5, 0.6) is 5.75 Å². The summed E-state index contributed by atoms with van der Waals surface area (Å²) in [6.07, 6.45) is 10.7. The zero-order chi connectivity index (χ0) is 18.1. The molecule has 1 aromatic rings. The van der Waals surface area contributed by atoms with Crippen molar-refractivity contribution in [2.75, 3.05) is 0 Å². The van der Waals surface area contributed by atoms with Crippen LogP contribution in [-0.2, 0) is 15.1 Å². The van der Waals surface area contributed by atoms with Crippen molar-refractivity contribution in [3.63, 3.8) is 0 Å². The van der Waals surface area contributed by atoms with Gasteiger partial charge in [-0.1, -0.05) is 50.7 Å². The molecule has 3 aliphatic rings. The molecule has 2 fully saturated rings. The van der Waals surface area contributed by atoms with Gasteiger partial charge in [0.2, 0.25) is 0 Å². The number of carboxylic acid groups (broad SMARTS) is 1. The smallest absolute Gasteiger partial charge is 0.373 e. The summed E-state index contributed by atoms with van der Waals surface area (Å²) in [4.78, 5) is 11.9. The van der Waals surface area contributed by atoms with Crippen molar-refractivity contribution in [3.8, 4) is 5.75 Å². The van der Waals surface area contributed by atoms with Gasteiger partial charge >= 0.3 is 5.97 Å². The fourth-order valence-corrected chi connectivity index (χ4v) is 5.56. The summed E-state index contributed by atoms with van der Waals surface area (Å²) in [5.41, 5.74) is 1.68. The van der Waals surface area contributed by atoms with Crippen molar-refractivity contribution < 1.29 is 19.4 Å². The predicted octanol–water partition coefficient (Wildman–Crippen LogP) is 5.17. The van der Waals surface area contributed by atoms with Gasteiger partial charge < -0.3 is 14.6 Å². The minimum atomic E-state index is -1.20. The molecule has 1 aromatic carbocycles. The highest BCUT2D eigenvalue weighted by molar-refractivity contribution is 5.72. The van der Waals surface area contributed by atoms with E-state index >= 15 is 0 Å². The van der Waals surface area contributed by atoms with Crippen LogP contribution < -0.4 is 4.74 Å². The molecule has 2 aliphatic carbocycles. The minimum Gasteiger partial charge on any atom is -0.477 e. The van der Waals surface area contributed by atoms with E-state index in [1.165, 1.54) is 38.5 Å². The molecule has 0 amide bonds. The fourth-order valence-electron chi connectivity index (χ4n) is 5.56. The normalized spacial score (nSPS) is 26.7. The Morgan fingerprint density at radius 2 is 1.58 bits per heavy atom. The van der Waals surface area contributed by atoms with Gasteiger partial charge in [-0.25, -0.2) is 4.79 Å². The third kappa shape index (κ3) is 3.02. The Labute approximate surface area is 155 Å². The van der Waals surface area contributed by atoms with Crippen LogP contribution in [0, 0.1) is 18.8 Å². The second-order valence-electron chi connectivity index (χ2n) is 8.37. The van der Waals surface area contributed by atoms with Crippen molar-refractivity contribution in [1.82, 2.24) is 0 Å². The van der Waals surface area contributed by atoms with E-state index in [0.717, 1.165) is 42.6 Å². The molecule has 4 heteroatoms. The predicted molar refractivity (Wildman–Crippen MR) is 99.1 cm³/mol. The largest absolute Gasteiger partial charge is 0.477 e. The number of carbonyl (C=O) groups is 1. The van der Waals surface area contributed by atoms with E-state index in [2.05, 4.69) is 12.1 Å². The standard InChI is InChI=1S/C22H30O4/c1-15-12-13-18-19(14-15)25-21(20(23)24)26-22(18,16-8-4-2-5-9-16)17-10-6-3-7-11-17/h12-14,16-17,21H,2-11H2,1H3,(H,23,24). The monoisotopic (exact) mass is 358 g/mol. The highest BCUT2D eigenvalue weighted by atomic mass is 16.7. The maximum atomic E-state index is 11.9. The zero-order valence-corrected chi connectivity index (χ0v) is 15.7. The first kappa shape index (κ1) is 17.8. The van der Waals surface area contributed by atoms with Gasteiger partial charge in [-0.15, -0.1) is 0 Å². The van der Waals surface area contributed by atoms with Gasteiger partial charge in [0, 0.05) is 5.56 Å². The SMILES string of the molecule is Cc1ccc2c(c1)OC(C(=O)O)OC2(C1CCCCC1)C1CCCCC1. The number of benzene rings is 1. The van der Waals surface area contributed by atoms with E-state index < -0.39 is 17.9 Å². The van der Waals surface area contributed by atoms with Gasteiger partial charge in [0.05, 0.1) is 0 Å². The van der Waals surface area contributed by atoms with Crippen molar-refractivity contribution in [2.24, 2.45) is 11.8 Å². The Morgan fingerprint density at radius 3 is 2.12 bits per heavy atom. The van der Waals surface area contributed by atoms with Crippen LogP contribution in [-0.4, -0.2) is 17.4 Å². The highest BCUT2D eigenvalue weighted by Crippen LogP contribution is 2.56. The van der Waals surface area contributed by atoms with Crippen LogP contribution >= 0.6 is 0 Å². The second-order valence-corrected chi connectivity index (χ2v) is 8.37. The molecule has 1 aliphatic heterocycles. The molecule has 0 saturated heterocycles.